The van der Waals surface area contributed by atoms with E-state index < -0.39 is 0 Å². The molecule has 3 nitrogen and oxygen atoms in total. The van der Waals surface area contributed by atoms with Crippen LogP contribution in [0.4, 0.5) is 0 Å². The molecule has 1 aromatic carbocycles. The Kier molecular flexibility index (Phi) is 5.25. The van der Waals surface area contributed by atoms with Crippen molar-refractivity contribution in [1.29, 1.82) is 0 Å². The highest BCUT2D eigenvalue weighted by Gasteiger charge is 2.24. The van der Waals surface area contributed by atoms with E-state index in [0.29, 0.717) is 6.54 Å². The van der Waals surface area contributed by atoms with E-state index in [2.05, 4.69) is 12.2 Å². The summed E-state index contributed by atoms with van der Waals surface area (Å²) in [6.45, 7) is 3.50. The maximum absolute atomic E-state index is 11.8. The van der Waals surface area contributed by atoms with Crippen molar-refractivity contribution in [1.82, 2.24) is 5.32 Å². The minimum absolute atomic E-state index is 0.198. The molecule has 1 aromatic rings. The average molecular weight is 261 g/mol. The van der Waals surface area contributed by atoms with Gasteiger partial charge in [0.1, 0.15) is 5.75 Å². The average Bonchev–Trinajstić information content (AvgIpc) is 2.35. The Morgan fingerprint density at radius 2 is 2.26 bits per heavy atom. The lowest BCUT2D eigenvalue weighted by atomic mass is 9.85. The van der Waals surface area contributed by atoms with E-state index in [-0.39, 0.29) is 11.8 Å². The lowest BCUT2D eigenvalue weighted by Gasteiger charge is -2.24. The number of amides is 1. The monoisotopic (exact) mass is 261 g/mol. The van der Waals surface area contributed by atoms with E-state index in [1.165, 1.54) is 6.42 Å². The zero-order valence-electron chi connectivity index (χ0n) is 11.7. The summed E-state index contributed by atoms with van der Waals surface area (Å²) >= 11 is 0. The standard InChI is InChI=1S/C16H23NO2/c1-2-3-10-19-15-9-4-6-13(11-15)12-17-16(18)14-7-5-8-14/h4,6,9,11,14H,2-3,5,7-8,10,12H2,1H3,(H,17,18). The van der Waals surface area contributed by atoms with Crippen LogP contribution in [0, 0.1) is 5.92 Å². The Balaban J connectivity index is 1.79. The predicted octanol–water partition coefficient (Wildman–Crippen LogP) is 3.28. The van der Waals surface area contributed by atoms with E-state index in [0.717, 1.165) is 43.6 Å². The third kappa shape index (κ3) is 4.27. The predicted molar refractivity (Wildman–Crippen MR) is 76.0 cm³/mol. The van der Waals surface area contributed by atoms with Crippen LogP contribution in [0.3, 0.4) is 0 Å². The second kappa shape index (κ2) is 7.17. The molecule has 2 rings (SSSR count). The van der Waals surface area contributed by atoms with Crippen LogP contribution in [0.15, 0.2) is 24.3 Å². The van der Waals surface area contributed by atoms with Gasteiger partial charge in [-0.1, -0.05) is 31.9 Å². The molecule has 1 aliphatic carbocycles. The molecule has 0 radical (unpaired) electrons. The van der Waals surface area contributed by atoms with E-state index in [9.17, 15) is 4.79 Å². The molecule has 0 aliphatic heterocycles. The minimum Gasteiger partial charge on any atom is -0.494 e. The summed E-state index contributed by atoms with van der Waals surface area (Å²) in [6, 6.07) is 7.98. The Hall–Kier alpha value is -1.51. The van der Waals surface area contributed by atoms with Crippen molar-refractivity contribution in [2.75, 3.05) is 6.61 Å². The molecule has 104 valence electrons. The third-order valence-electron chi connectivity index (χ3n) is 3.61. The topological polar surface area (TPSA) is 38.3 Å². The molecule has 1 aliphatic rings. The Bertz CT molecular complexity index is 413. The number of nitrogens with one attached hydrogen (secondary N) is 1. The Morgan fingerprint density at radius 1 is 1.42 bits per heavy atom. The van der Waals surface area contributed by atoms with Crippen molar-refractivity contribution in [3.8, 4) is 5.75 Å². The van der Waals surface area contributed by atoms with Crippen LogP contribution in [-0.4, -0.2) is 12.5 Å². The summed E-state index contributed by atoms with van der Waals surface area (Å²) in [5.74, 6) is 1.34. The first kappa shape index (κ1) is 13.9. The Labute approximate surface area is 115 Å². The second-order valence-electron chi connectivity index (χ2n) is 5.20. The number of benzene rings is 1. The van der Waals surface area contributed by atoms with Crippen LogP contribution in [-0.2, 0) is 11.3 Å². The molecule has 1 saturated carbocycles. The lowest BCUT2D eigenvalue weighted by Crippen LogP contribution is -2.33. The fourth-order valence-electron chi connectivity index (χ4n) is 2.08. The molecule has 0 atom stereocenters. The summed E-state index contributed by atoms with van der Waals surface area (Å²) in [5.41, 5.74) is 1.10. The van der Waals surface area contributed by atoms with Crippen molar-refractivity contribution >= 4 is 5.91 Å². The Morgan fingerprint density at radius 3 is 2.95 bits per heavy atom. The normalized spacial score (nSPS) is 14.8. The number of hydrogen-bond acceptors (Lipinski definition) is 2. The number of carbonyl (C=O) groups is 1. The molecule has 0 bridgehead atoms. The molecule has 0 spiro atoms. The smallest absolute Gasteiger partial charge is 0.223 e. The van der Waals surface area contributed by atoms with Crippen molar-refractivity contribution < 1.29 is 9.53 Å². The number of carbonyl (C=O) groups excluding carboxylic acids is 1. The third-order valence-corrected chi connectivity index (χ3v) is 3.61. The molecular weight excluding hydrogens is 238 g/mol. The summed E-state index contributed by atoms with van der Waals surface area (Å²) in [5, 5.41) is 3.00. The quantitative estimate of drug-likeness (QED) is 0.765. The van der Waals surface area contributed by atoms with E-state index in [4.69, 9.17) is 4.74 Å². The highest BCUT2D eigenvalue weighted by molar-refractivity contribution is 5.79. The van der Waals surface area contributed by atoms with E-state index >= 15 is 0 Å². The van der Waals surface area contributed by atoms with Crippen LogP contribution in [0.25, 0.3) is 0 Å². The first-order valence-electron chi connectivity index (χ1n) is 7.29. The van der Waals surface area contributed by atoms with Crippen LogP contribution < -0.4 is 10.1 Å². The zero-order chi connectivity index (χ0) is 13.5. The zero-order valence-corrected chi connectivity index (χ0v) is 11.7. The highest BCUT2D eigenvalue weighted by Crippen LogP contribution is 2.26. The van der Waals surface area contributed by atoms with Gasteiger partial charge in [0, 0.05) is 12.5 Å². The molecule has 19 heavy (non-hydrogen) atoms. The largest absolute Gasteiger partial charge is 0.494 e. The van der Waals surface area contributed by atoms with Crippen molar-refractivity contribution in [3.05, 3.63) is 29.8 Å². The van der Waals surface area contributed by atoms with Gasteiger partial charge >= 0.3 is 0 Å². The van der Waals surface area contributed by atoms with Gasteiger partial charge in [0.2, 0.25) is 5.91 Å². The SMILES string of the molecule is CCCCOc1cccc(CNC(=O)C2CCC2)c1. The molecule has 0 heterocycles. The van der Waals surface area contributed by atoms with Crippen molar-refractivity contribution in [2.24, 2.45) is 5.92 Å². The molecule has 1 amide bonds. The van der Waals surface area contributed by atoms with Gasteiger partial charge < -0.3 is 10.1 Å². The van der Waals surface area contributed by atoms with E-state index in [1.807, 2.05) is 24.3 Å². The molecule has 1 fully saturated rings. The van der Waals surface area contributed by atoms with Gasteiger partial charge in [-0.15, -0.1) is 0 Å². The van der Waals surface area contributed by atoms with Gasteiger partial charge in [-0.25, -0.2) is 0 Å². The molecule has 0 saturated heterocycles. The van der Waals surface area contributed by atoms with Crippen LogP contribution in [0.1, 0.15) is 44.6 Å². The first-order valence-corrected chi connectivity index (χ1v) is 7.29. The highest BCUT2D eigenvalue weighted by atomic mass is 16.5. The summed E-state index contributed by atoms with van der Waals surface area (Å²) in [6.07, 6.45) is 5.50. The number of unbranched alkanes of at least 4 members (excludes halogenated alkanes) is 1. The van der Waals surface area contributed by atoms with Gasteiger partial charge in [0.25, 0.3) is 0 Å². The van der Waals surface area contributed by atoms with Gasteiger partial charge in [0.05, 0.1) is 6.61 Å². The molecule has 0 aromatic heterocycles. The number of hydrogen-bond donors (Lipinski definition) is 1. The molecule has 3 heteroatoms. The van der Waals surface area contributed by atoms with Gasteiger partial charge in [-0.05, 0) is 37.0 Å². The van der Waals surface area contributed by atoms with Crippen LogP contribution >= 0.6 is 0 Å². The van der Waals surface area contributed by atoms with Crippen molar-refractivity contribution in [2.45, 2.75) is 45.6 Å². The van der Waals surface area contributed by atoms with Crippen molar-refractivity contribution in [3.63, 3.8) is 0 Å². The fraction of sp³-hybridized carbons (Fsp3) is 0.562. The lowest BCUT2D eigenvalue weighted by molar-refractivity contribution is -0.127. The van der Waals surface area contributed by atoms with Gasteiger partial charge in [0.15, 0.2) is 0 Å². The number of ether oxygens (including phenoxy) is 1. The summed E-state index contributed by atoms with van der Waals surface area (Å²) in [7, 11) is 0. The second-order valence-corrected chi connectivity index (χ2v) is 5.20. The van der Waals surface area contributed by atoms with Crippen LogP contribution in [0.2, 0.25) is 0 Å². The first-order chi connectivity index (χ1) is 9.29. The minimum atomic E-state index is 0.198. The molecule has 1 N–H and O–H groups in total. The maximum atomic E-state index is 11.8. The number of rotatable bonds is 7. The fourth-order valence-corrected chi connectivity index (χ4v) is 2.08. The van der Waals surface area contributed by atoms with Gasteiger partial charge in [-0.2, -0.15) is 0 Å². The maximum Gasteiger partial charge on any atom is 0.223 e. The summed E-state index contributed by atoms with van der Waals surface area (Å²) in [4.78, 5) is 11.8. The molecule has 0 unspecified atom stereocenters. The van der Waals surface area contributed by atoms with Crippen LogP contribution in [0.5, 0.6) is 5.75 Å². The van der Waals surface area contributed by atoms with E-state index in [1.54, 1.807) is 0 Å². The van der Waals surface area contributed by atoms with Gasteiger partial charge in [-0.3, -0.25) is 4.79 Å². The molecular formula is C16H23NO2. The summed E-state index contributed by atoms with van der Waals surface area (Å²) < 4.78 is 5.66.